The molecule has 2 amide bonds. The van der Waals surface area contributed by atoms with Crippen molar-refractivity contribution in [3.05, 3.63) is 35.4 Å². The zero-order valence-corrected chi connectivity index (χ0v) is 13.3. The molecule has 5 nitrogen and oxygen atoms in total. The summed E-state index contributed by atoms with van der Waals surface area (Å²) in [5.41, 5.74) is 7.37. The Labute approximate surface area is 131 Å². The number of hydrogen-bond donors (Lipinski definition) is 2. The quantitative estimate of drug-likeness (QED) is 0.863. The van der Waals surface area contributed by atoms with Gasteiger partial charge in [-0.15, -0.1) is 0 Å². The number of rotatable bonds is 5. The smallest absolute Gasteiger partial charge is 0.253 e. The molecule has 1 saturated carbocycles. The first-order valence-corrected chi connectivity index (χ1v) is 7.81. The molecule has 3 N–H and O–H groups in total. The van der Waals surface area contributed by atoms with Crippen LogP contribution >= 0.6 is 0 Å². The molecular formula is C17H25N3O2. The summed E-state index contributed by atoms with van der Waals surface area (Å²) in [6.07, 6.45) is 3.07. The van der Waals surface area contributed by atoms with Crippen LogP contribution in [0.4, 0.5) is 0 Å². The van der Waals surface area contributed by atoms with Gasteiger partial charge in [-0.2, -0.15) is 0 Å². The lowest BCUT2D eigenvalue weighted by Gasteiger charge is -2.17. The highest BCUT2D eigenvalue weighted by molar-refractivity contribution is 5.93. The van der Waals surface area contributed by atoms with Crippen LogP contribution in [-0.4, -0.2) is 37.4 Å². The molecule has 0 spiro atoms. The maximum Gasteiger partial charge on any atom is 0.253 e. The van der Waals surface area contributed by atoms with Gasteiger partial charge in [0.1, 0.15) is 0 Å². The molecule has 5 heteroatoms. The van der Waals surface area contributed by atoms with Gasteiger partial charge in [0.15, 0.2) is 0 Å². The number of nitrogens with two attached hydrogens (primary N) is 1. The molecule has 1 aliphatic carbocycles. The van der Waals surface area contributed by atoms with Crippen molar-refractivity contribution in [1.82, 2.24) is 10.2 Å². The average Bonchev–Trinajstić information content (AvgIpc) is 3.01. The topological polar surface area (TPSA) is 75.4 Å². The first-order valence-electron chi connectivity index (χ1n) is 7.81. The molecule has 0 saturated heterocycles. The fourth-order valence-corrected chi connectivity index (χ4v) is 3.01. The van der Waals surface area contributed by atoms with Crippen molar-refractivity contribution in [2.75, 3.05) is 20.6 Å². The Morgan fingerprint density at radius 1 is 1.23 bits per heavy atom. The van der Waals surface area contributed by atoms with E-state index >= 15 is 0 Å². The van der Waals surface area contributed by atoms with Crippen LogP contribution in [0.15, 0.2) is 24.3 Å². The van der Waals surface area contributed by atoms with E-state index in [1.807, 2.05) is 12.1 Å². The Bertz CT molecular complexity index is 525. The Morgan fingerprint density at radius 2 is 1.91 bits per heavy atom. The predicted molar refractivity (Wildman–Crippen MR) is 86.2 cm³/mol. The van der Waals surface area contributed by atoms with Crippen molar-refractivity contribution in [2.45, 2.75) is 25.8 Å². The Kier molecular flexibility index (Phi) is 5.55. The van der Waals surface area contributed by atoms with Crippen molar-refractivity contribution in [2.24, 2.45) is 17.6 Å². The second-order valence-electron chi connectivity index (χ2n) is 6.15. The number of hydrogen-bond acceptors (Lipinski definition) is 3. The minimum Gasteiger partial charge on any atom is -0.352 e. The summed E-state index contributed by atoms with van der Waals surface area (Å²) in [6.45, 7) is 1.07. The fraction of sp³-hybridized carbons (Fsp3) is 0.529. The molecule has 0 bridgehead atoms. The summed E-state index contributed by atoms with van der Waals surface area (Å²) in [7, 11) is 3.46. The number of amides is 2. The molecule has 120 valence electrons. The van der Waals surface area contributed by atoms with E-state index < -0.39 is 0 Å². The lowest BCUT2D eigenvalue weighted by Crippen LogP contribution is -2.34. The van der Waals surface area contributed by atoms with Crippen molar-refractivity contribution in [3.63, 3.8) is 0 Å². The van der Waals surface area contributed by atoms with Crippen LogP contribution in [0.25, 0.3) is 0 Å². The normalized spacial score (nSPS) is 20.7. The van der Waals surface area contributed by atoms with E-state index in [-0.39, 0.29) is 17.7 Å². The zero-order chi connectivity index (χ0) is 16.1. The monoisotopic (exact) mass is 303 g/mol. The number of carbonyl (C=O) groups is 2. The lowest BCUT2D eigenvalue weighted by atomic mass is 9.95. The molecule has 1 fully saturated rings. The van der Waals surface area contributed by atoms with E-state index in [4.69, 9.17) is 5.73 Å². The van der Waals surface area contributed by atoms with E-state index in [1.54, 1.807) is 31.1 Å². The van der Waals surface area contributed by atoms with Crippen LogP contribution in [-0.2, 0) is 11.3 Å². The summed E-state index contributed by atoms with van der Waals surface area (Å²) in [5.74, 6) is 0.452. The number of nitrogens with one attached hydrogen (secondary N) is 1. The third-order valence-corrected chi connectivity index (χ3v) is 4.37. The first-order chi connectivity index (χ1) is 10.5. The van der Waals surface area contributed by atoms with Gasteiger partial charge in [0.25, 0.3) is 5.91 Å². The minimum absolute atomic E-state index is 0.0210. The van der Waals surface area contributed by atoms with Crippen molar-refractivity contribution >= 4 is 11.8 Å². The van der Waals surface area contributed by atoms with Crippen LogP contribution in [0.3, 0.4) is 0 Å². The van der Waals surface area contributed by atoms with Gasteiger partial charge in [0, 0.05) is 32.1 Å². The Balaban J connectivity index is 1.89. The molecule has 2 atom stereocenters. The van der Waals surface area contributed by atoms with Gasteiger partial charge in [-0.05, 0) is 43.0 Å². The number of carbonyl (C=O) groups excluding carboxylic acids is 2. The van der Waals surface area contributed by atoms with Crippen molar-refractivity contribution in [1.29, 1.82) is 0 Å². The molecule has 1 aromatic carbocycles. The van der Waals surface area contributed by atoms with Crippen LogP contribution in [0.2, 0.25) is 0 Å². The van der Waals surface area contributed by atoms with E-state index in [1.165, 1.54) is 0 Å². The SMILES string of the molecule is CN(C)C(=O)c1ccc(CNC(=O)[C@@H]2CCC[C@@H]2CN)cc1. The number of benzene rings is 1. The Hall–Kier alpha value is -1.88. The lowest BCUT2D eigenvalue weighted by molar-refractivity contribution is -0.126. The maximum atomic E-state index is 12.2. The average molecular weight is 303 g/mol. The van der Waals surface area contributed by atoms with Crippen LogP contribution in [0, 0.1) is 11.8 Å². The van der Waals surface area contributed by atoms with E-state index in [9.17, 15) is 9.59 Å². The molecular weight excluding hydrogens is 278 g/mol. The van der Waals surface area contributed by atoms with Gasteiger partial charge in [-0.3, -0.25) is 9.59 Å². The second kappa shape index (κ2) is 7.40. The summed E-state index contributed by atoms with van der Waals surface area (Å²) >= 11 is 0. The van der Waals surface area contributed by atoms with E-state index in [2.05, 4.69) is 5.32 Å². The second-order valence-corrected chi connectivity index (χ2v) is 6.15. The molecule has 0 unspecified atom stereocenters. The number of nitrogens with zero attached hydrogens (tertiary/aromatic N) is 1. The van der Waals surface area contributed by atoms with E-state index in [0.29, 0.717) is 24.6 Å². The third-order valence-electron chi connectivity index (χ3n) is 4.37. The third kappa shape index (κ3) is 3.85. The Morgan fingerprint density at radius 3 is 2.50 bits per heavy atom. The van der Waals surface area contributed by atoms with Crippen molar-refractivity contribution < 1.29 is 9.59 Å². The highest BCUT2D eigenvalue weighted by Gasteiger charge is 2.31. The standard InChI is InChI=1S/C17H25N3O2/c1-20(2)17(22)13-8-6-12(7-9-13)11-19-16(21)15-5-3-4-14(15)10-18/h6-9,14-15H,3-5,10-11,18H2,1-2H3,(H,19,21)/t14-,15-/m1/s1. The minimum atomic E-state index is -0.0210. The molecule has 0 heterocycles. The van der Waals surface area contributed by atoms with Crippen LogP contribution in [0.1, 0.15) is 35.2 Å². The van der Waals surface area contributed by atoms with Gasteiger partial charge in [0.2, 0.25) is 5.91 Å². The largest absolute Gasteiger partial charge is 0.352 e. The summed E-state index contributed by atoms with van der Waals surface area (Å²) in [6, 6.07) is 7.35. The van der Waals surface area contributed by atoms with Crippen molar-refractivity contribution in [3.8, 4) is 0 Å². The fourth-order valence-electron chi connectivity index (χ4n) is 3.01. The van der Waals surface area contributed by atoms with Crippen LogP contribution in [0.5, 0.6) is 0 Å². The van der Waals surface area contributed by atoms with Gasteiger partial charge >= 0.3 is 0 Å². The molecule has 1 aliphatic rings. The first kappa shape index (κ1) is 16.5. The zero-order valence-electron chi connectivity index (χ0n) is 13.3. The van der Waals surface area contributed by atoms with Crippen LogP contribution < -0.4 is 11.1 Å². The van der Waals surface area contributed by atoms with Gasteiger partial charge in [-0.25, -0.2) is 0 Å². The molecule has 0 radical (unpaired) electrons. The molecule has 0 aliphatic heterocycles. The predicted octanol–water partition coefficient (Wildman–Crippen LogP) is 1.38. The van der Waals surface area contributed by atoms with Gasteiger partial charge in [0.05, 0.1) is 0 Å². The molecule has 1 aromatic rings. The highest BCUT2D eigenvalue weighted by Crippen LogP contribution is 2.30. The summed E-state index contributed by atoms with van der Waals surface area (Å²) in [5, 5.41) is 2.99. The molecule has 2 rings (SSSR count). The van der Waals surface area contributed by atoms with Gasteiger partial charge in [-0.1, -0.05) is 18.6 Å². The maximum absolute atomic E-state index is 12.2. The summed E-state index contributed by atoms with van der Waals surface area (Å²) in [4.78, 5) is 25.6. The highest BCUT2D eigenvalue weighted by atomic mass is 16.2. The van der Waals surface area contributed by atoms with Gasteiger partial charge < -0.3 is 16.0 Å². The molecule has 22 heavy (non-hydrogen) atoms. The summed E-state index contributed by atoms with van der Waals surface area (Å²) < 4.78 is 0. The molecule has 0 aromatic heterocycles. The van der Waals surface area contributed by atoms with E-state index in [0.717, 1.165) is 24.8 Å².